The fourth-order valence-electron chi connectivity index (χ4n) is 1.07. The first-order valence-corrected chi connectivity index (χ1v) is 6.68. The topological polar surface area (TPSA) is 113 Å². The largest absolute Gasteiger partial charge is 0.493 e. The maximum atomic E-state index is 10.2. The molecule has 1 aromatic rings. The molecule has 0 unspecified atom stereocenters. The molecule has 0 heterocycles. The Labute approximate surface area is 111 Å². The van der Waals surface area contributed by atoms with Crippen LogP contribution in [0.3, 0.4) is 0 Å². The van der Waals surface area contributed by atoms with Gasteiger partial charge in [0.05, 0.1) is 12.2 Å². The van der Waals surface area contributed by atoms with E-state index in [1.807, 2.05) is 18.2 Å². The van der Waals surface area contributed by atoms with Crippen molar-refractivity contribution in [2.45, 2.75) is 13.8 Å². The molecule has 4 N–H and O–H groups in total. The number of nitrogen functional groups attached to an aromatic ring is 1. The normalized spacial score (nSPS) is 10.6. The highest BCUT2D eigenvalue weighted by atomic mass is 32.3. The Morgan fingerprint density at radius 3 is 2.37 bits per heavy atom. The number of benzene rings is 1. The van der Waals surface area contributed by atoms with Gasteiger partial charge in [-0.05, 0) is 18.1 Å². The minimum absolute atomic E-state index is 0.0457. The third-order valence-corrected chi connectivity index (χ3v) is 1.75. The van der Waals surface area contributed by atoms with E-state index >= 15 is 0 Å². The lowest BCUT2D eigenvalue weighted by molar-refractivity contribution is 0.270. The van der Waals surface area contributed by atoms with Gasteiger partial charge >= 0.3 is 10.5 Å². The van der Waals surface area contributed by atoms with Crippen molar-refractivity contribution in [2.24, 2.45) is 11.7 Å². The first kappa shape index (κ1) is 17.3. The van der Waals surface area contributed by atoms with Crippen LogP contribution in [0.1, 0.15) is 19.4 Å². The molecular weight excluding hydrogens is 275 g/mol. The van der Waals surface area contributed by atoms with E-state index < -0.39 is 10.5 Å². The second kappa shape index (κ2) is 7.70. The van der Waals surface area contributed by atoms with Crippen molar-refractivity contribution in [3.8, 4) is 5.75 Å². The van der Waals surface area contributed by atoms with Gasteiger partial charge in [-0.1, -0.05) is 29.9 Å². The molecule has 0 saturated heterocycles. The standard InChI is InChI=1S/C11H16N2O.FHO3S/c1-8(2)7-14-10-6-4-3-5-9(10)11(12)13;1-5(2,3)4/h3-6,8H,7H2,1-2H3,(H3,12,13);(H,2,3,4). The molecule has 8 heteroatoms. The number of nitrogens with one attached hydrogen (secondary N) is 1. The van der Waals surface area contributed by atoms with Gasteiger partial charge in [0, 0.05) is 0 Å². The number of rotatable bonds is 4. The van der Waals surface area contributed by atoms with Crippen LogP contribution in [0.2, 0.25) is 0 Å². The van der Waals surface area contributed by atoms with E-state index in [9.17, 15) is 3.89 Å². The number of hydrogen-bond donors (Lipinski definition) is 3. The average molecular weight is 292 g/mol. The highest BCUT2D eigenvalue weighted by Crippen LogP contribution is 2.17. The number of para-hydroxylation sites is 1. The van der Waals surface area contributed by atoms with Crippen LogP contribution < -0.4 is 10.5 Å². The molecule has 0 radical (unpaired) electrons. The molecular formula is C11H17FN2O4S. The van der Waals surface area contributed by atoms with Gasteiger partial charge in [-0.2, -0.15) is 8.42 Å². The van der Waals surface area contributed by atoms with E-state index in [4.69, 9.17) is 28.9 Å². The van der Waals surface area contributed by atoms with E-state index in [1.54, 1.807) is 6.07 Å². The summed E-state index contributed by atoms with van der Waals surface area (Å²) in [7, 11) is -5.17. The molecule has 0 aliphatic rings. The van der Waals surface area contributed by atoms with Crippen LogP contribution in [0, 0.1) is 11.3 Å². The fourth-order valence-corrected chi connectivity index (χ4v) is 1.07. The van der Waals surface area contributed by atoms with E-state index in [-0.39, 0.29) is 5.84 Å². The van der Waals surface area contributed by atoms with Gasteiger partial charge in [-0.25, -0.2) is 0 Å². The van der Waals surface area contributed by atoms with Crippen LogP contribution in [-0.4, -0.2) is 25.4 Å². The van der Waals surface area contributed by atoms with Gasteiger partial charge in [0.15, 0.2) is 0 Å². The van der Waals surface area contributed by atoms with Crippen molar-refractivity contribution in [3.05, 3.63) is 29.8 Å². The Hall–Kier alpha value is -1.67. The van der Waals surface area contributed by atoms with E-state index in [0.29, 0.717) is 23.8 Å². The Bertz CT molecular complexity index is 509. The summed E-state index contributed by atoms with van der Waals surface area (Å²) in [6, 6.07) is 7.35. The first-order chi connectivity index (χ1) is 8.61. The predicted molar refractivity (Wildman–Crippen MR) is 70.4 cm³/mol. The minimum atomic E-state index is -5.17. The smallest absolute Gasteiger partial charge is 0.435 e. The summed E-state index contributed by atoms with van der Waals surface area (Å²) >= 11 is 0. The van der Waals surface area contributed by atoms with E-state index in [1.165, 1.54) is 0 Å². The summed E-state index contributed by atoms with van der Waals surface area (Å²) in [5.74, 6) is 1.20. The Morgan fingerprint density at radius 1 is 1.47 bits per heavy atom. The second-order valence-electron chi connectivity index (χ2n) is 4.03. The van der Waals surface area contributed by atoms with Crippen molar-refractivity contribution in [3.63, 3.8) is 0 Å². The zero-order valence-electron chi connectivity index (χ0n) is 10.6. The summed E-state index contributed by atoms with van der Waals surface area (Å²) in [6.45, 7) is 4.80. The van der Waals surface area contributed by atoms with Gasteiger partial charge in [0.25, 0.3) is 0 Å². The Morgan fingerprint density at radius 2 is 1.95 bits per heavy atom. The summed E-state index contributed by atoms with van der Waals surface area (Å²) in [5, 5.41) is 7.36. The molecule has 0 atom stereocenters. The molecule has 1 aromatic carbocycles. The molecule has 19 heavy (non-hydrogen) atoms. The minimum Gasteiger partial charge on any atom is -0.493 e. The molecule has 0 aliphatic carbocycles. The predicted octanol–water partition coefficient (Wildman–Crippen LogP) is 1.76. The molecule has 0 aliphatic heterocycles. The summed E-state index contributed by atoms with van der Waals surface area (Å²) < 4.78 is 39.6. The molecule has 0 saturated carbocycles. The number of hydrogen-bond acceptors (Lipinski definition) is 4. The highest BCUT2D eigenvalue weighted by Gasteiger charge is 2.05. The molecule has 108 valence electrons. The molecule has 6 nitrogen and oxygen atoms in total. The lowest BCUT2D eigenvalue weighted by Crippen LogP contribution is -2.14. The number of halogens is 1. The quantitative estimate of drug-likeness (QED) is 0.339. The van der Waals surface area contributed by atoms with Gasteiger partial charge in [0.1, 0.15) is 11.6 Å². The van der Waals surface area contributed by atoms with Crippen LogP contribution >= 0.6 is 0 Å². The third kappa shape index (κ3) is 9.98. The lowest BCUT2D eigenvalue weighted by atomic mass is 10.2. The van der Waals surface area contributed by atoms with Crippen LogP contribution in [0.25, 0.3) is 0 Å². The Kier molecular flexibility index (Phi) is 7.02. The number of amidine groups is 1. The van der Waals surface area contributed by atoms with Crippen LogP contribution in [0.15, 0.2) is 24.3 Å². The monoisotopic (exact) mass is 292 g/mol. The van der Waals surface area contributed by atoms with Crippen molar-refractivity contribution < 1.29 is 21.6 Å². The zero-order chi connectivity index (χ0) is 15.1. The SMILES string of the molecule is CC(C)COc1ccccc1C(=N)N.O=S(=O)(O)F. The fraction of sp³-hybridized carbons (Fsp3) is 0.364. The van der Waals surface area contributed by atoms with Crippen molar-refractivity contribution >= 4 is 16.3 Å². The Balaban J connectivity index is 0.000000555. The zero-order valence-corrected chi connectivity index (χ0v) is 11.4. The highest BCUT2D eigenvalue weighted by molar-refractivity contribution is 7.80. The molecule has 0 fully saturated rings. The third-order valence-electron chi connectivity index (χ3n) is 1.75. The molecule has 0 aromatic heterocycles. The summed E-state index contributed by atoms with van der Waals surface area (Å²) in [5.41, 5.74) is 6.08. The molecule has 1 rings (SSSR count). The first-order valence-electron chi connectivity index (χ1n) is 5.34. The van der Waals surface area contributed by atoms with Gasteiger partial charge < -0.3 is 10.5 Å². The van der Waals surface area contributed by atoms with Crippen molar-refractivity contribution in [1.82, 2.24) is 0 Å². The van der Waals surface area contributed by atoms with Gasteiger partial charge in [0.2, 0.25) is 0 Å². The van der Waals surface area contributed by atoms with Crippen molar-refractivity contribution in [2.75, 3.05) is 6.61 Å². The molecule has 0 amide bonds. The van der Waals surface area contributed by atoms with Crippen molar-refractivity contribution in [1.29, 1.82) is 5.41 Å². The van der Waals surface area contributed by atoms with Crippen LogP contribution in [-0.2, 0) is 10.5 Å². The average Bonchev–Trinajstić information content (AvgIpc) is 2.24. The van der Waals surface area contributed by atoms with Crippen LogP contribution in [0.5, 0.6) is 5.75 Å². The van der Waals surface area contributed by atoms with E-state index in [2.05, 4.69) is 13.8 Å². The maximum absolute atomic E-state index is 10.2. The van der Waals surface area contributed by atoms with E-state index in [0.717, 1.165) is 0 Å². The van der Waals surface area contributed by atoms with Crippen LogP contribution in [0.4, 0.5) is 3.89 Å². The number of ether oxygens (including phenoxy) is 1. The summed E-state index contributed by atoms with van der Waals surface area (Å²) in [4.78, 5) is 0. The van der Waals surface area contributed by atoms with Gasteiger partial charge in [-0.3, -0.25) is 9.96 Å². The second-order valence-corrected chi connectivity index (χ2v) is 4.85. The lowest BCUT2D eigenvalue weighted by Gasteiger charge is -2.11. The molecule has 0 bridgehead atoms. The molecule has 0 spiro atoms. The maximum Gasteiger partial charge on any atom is 0.435 e. The number of nitrogens with two attached hydrogens (primary N) is 1. The summed E-state index contributed by atoms with van der Waals surface area (Å²) in [6.07, 6.45) is 0. The van der Waals surface area contributed by atoms with Gasteiger partial charge in [-0.15, -0.1) is 0 Å².